The van der Waals surface area contributed by atoms with E-state index in [9.17, 15) is 13.2 Å². The third-order valence-corrected chi connectivity index (χ3v) is 8.50. The molecule has 172 valence electrons. The van der Waals surface area contributed by atoms with E-state index < -0.39 is 10.0 Å². The van der Waals surface area contributed by atoms with Crippen LogP contribution in [0.5, 0.6) is 0 Å². The van der Waals surface area contributed by atoms with Gasteiger partial charge in [-0.05, 0) is 61.7 Å². The van der Waals surface area contributed by atoms with Gasteiger partial charge < -0.3 is 0 Å². The maximum Gasteiger partial charge on any atom is 0.257 e. The van der Waals surface area contributed by atoms with Crippen molar-refractivity contribution in [1.82, 2.24) is 9.29 Å². The number of rotatable bonds is 10. The highest BCUT2D eigenvalue weighted by molar-refractivity contribution is 7.89. The number of unbranched alkanes of at least 4 members (excludes halogenated alkanes) is 2. The van der Waals surface area contributed by atoms with Gasteiger partial charge in [-0.1, -0.05) is 49.6 Å². The summed E-state index contributed by atoms with van der Waals surface area (Å²) in [4.78, 5) is 17.4. The predicted octanol–water partition coefficient (Wildman–Crippen LogP) is 6.10. The third kappa shape index (κ3) is 5.49. The lowest BCUT2D eigenvalue weighted by atomic mass is 10.2. The van der Waals surface area contributed by atoms with Crippen molar-refractivity contribution in [3.63, 3.8) is 0 Å². The first-order valence-corrected chi connectivity index (χ1v) is 13.4. The molecule has 32 heavy (non-hydrogen) atoms. The van der Waals surface area contributed by atoms with Crippen LogP contribution in [0.25, 0.3) is 10.2 Å². The number of halogens is 1. The number of aromatic nitrogens is 1. The predicted molar refractivity (Wildman–Crippen MR) is 132 cm³/mol. The van der Waals surface area contributed by atoms with Crippen molar-refractivity contribution in [1.29, 1.82) is 0 Å². The van der Waals surface area contributed by atoms with Crippen molar-refractivity contribution in [2.45, 2.75) is 51.3 Å². The van der Waals surface area contributed by atoms with Crippen LogP contribution in [0.4, 0.5) is 5.13 Å². The molecule has 0 fully saturated rings. The second kappa shape index (κ2) is 10.7. The monoisotopic (exact) mass is 493 g/mol. The maximum absolute atomic E-state index is 13.1. The molecule has 3 rings (SSSR count). The van der Waals surface area contributed by atoms with E-state index in [1.54, 1.807) is 4.31 Å². The van der Waals surface area contributed by atoms with E-state index in [2.05, 4.69) is 10.3 Å². The number of thiazole rings is 1. The molecule has 0 atom stereocenters. The molecule has 0 saturated heterocycles. The van der Waals surface area contributed by atoms with Gasteiger partial charge in [-0.25, -0.2) is 13.4 Å². The summed E-state index contributed by atoms with van der Waals surface area (Å²) in [5, 5.41) is 3.90. The summed E-state index contributed by atoms with van der Waals surface area (Å²) in [6, 6.07) is 9.76. The molecule has 6 nitrogen and oxygen atoms in total. The summed E-state index contributed by atoms with van der Waals surface area (Å²) < 4.78 is 28.6. The fourth-order valence-electron chi connectivity index (χ4n) is 3.27. The van der Waals surface area contributed by atoms with Crippen LogP contribution in [0.3, 0.4) is 0 Å². The molecule has 0 aliphatic rings. The highest BCUT2D eigenvalue weighted by atomic mass is 35.5. The van der Waals surface area contributed by atoms with Crippen molar-refractivity contribution < 1.29 is 13.2 Å². The summed E-state index contributed by atoms with van der Waals surface area (Å²) in [6.07, 6.45) is 3.48. The smallest absolute Gasteiger partial charge is 0.257 e. The summed E-state index contributed by atoms with van der Waals surface area (Å²) in [5.74, 6) is -0.342. The van der Waals surface area contributed by atoms with Crippen LogP contribution >= 0.6 is 22.9 Å². The average molecular weight is 494 g/mol. The molecule has 0 aliphatic heterocycles. The number of amides is 1. The lowest BCUT2D eigenvalue weighted by molar-refractivity contribution is 0.102. The quantitative estimate of drug-likeness (QED) is 0.370. The SMILES string of the molecule is CCCCN(CCCC)S(=O)(=O)c1ccc(C(=O)Nc2nc3c(C)c(Cl)ccc3s2)cc1. The van der Waals surface area contributed by atoms with Crippen LogP contribution in [0.15, 0.2) is 41.3 Å². The van der Waals surface area contributed by atoms with E-state index >= 15 is 0 Å². The molecule has 1 N–H and O–H groups in total. The van der Waals surface area contributed by atoms with Crippen molar-refractivity contribution >= 4 is 54.2 Å². The molecule has 1 aromatic heterocycles. The minimum absolute atomic E-state index is 0.200. The molecule has 0 saturated carbocycles. The van der Waals surface area contributed by atoms with Gasteiger partial charge >= 0.3 is 0 Å². The number of sulfonamides is 1. The third-order valence-electron chi connectivity index (χ3n) is 5.24. The van der Waals surface area contributed by atoms with Crippen LogP contribution in [-0.2, 0) is 10.0 Å². The van der Waals surface area contributed by atoms with Crippen LogP contribution in [0.1, 0.15) is 55.5 Å². The van der Waals surface area contributed by atoms with Gasteiger partial charge in [0, 0.05) is 23.7 Å². The number of nitrogens with one attached hydrogen (secondary N) is 1. The maximum atomic E-state index is 13.1. The van der Waals surface area contributed by atoms with Gasteiger partial charge in [-0.2, -0.15) is 4.31 Å². The Balaban J connectivity index is 1.76. The average Bonchev–Trinajstić information content (AvgIpc) is 3.19. The van der Waals surface area contributed by atoms with E-state index in [-0.39, 0.29) is 10.8 Å². The Morgan fingerprint density at radius 3 is 2.28 bits per heavy atom. The Morgan fingerprint density at radius 1 is 1.06 bits per heavy atom. The van der Waals surface area contributed by atoms with Crippen LogP contribution in [0.2, 0.25) is 5.02 Å². The van der Waals surface area contributed by atoms with Crippen molar-refractivity contribution in [2.75, 3.05) is 18.4 Å². The van der Waals surface area contributed by atoms with E-state index in [0.29, 0.717) is 28.8 Å². The minimum Gasteiger partial charge on any atom is -0.298 e. The second-order valence-corrected chi connectivity index (χ2v) is 11.0. The number of anilines is 1. The first-order valence-electron chi connectivity index (χ1n) is 10.7. The lowest BCUT2D eigenvalue weighted by Crippen LogP contribution is -2.33. The van der Waals surface area contributed by atoms with Gasteiger partial charge in [0.05, 0.1) is 15.1 Å². The molecular formula is C23H28ClN3O3S2. The fraction of sp³-hybridized carbons (Fsp3) is 0.391. The van der Waals surface area contributed by atoms with Crippen molar-refractivity contribution in [2.24, 2.45) is 0 Å². The topological polar surface area (TPSA) is 79.4 Å². The van der Waals surface area contributed by atoms with Gasteiger partial charge in [-0.15, -0.1) is 0 Å². The zero-order chi connectivity index (χ0) is 23.3. The number of benzene rings is 2. The van der Waals surface area contributed by atoms with Crippen molar-refractivity contribution in [3.05, 3.63) is 52.5 Å². The fourth-order valence-corrected chi connectivity index (χ4v) is 5.86. The summed E-state index contributed by atoms with van der Waals surface area (Å²) in [5.41, 5.74) is 2.00. The Hall–Kier alpha value is -2.00. The summed E-state index contributed by atoms with van der Waals surface area (Å²) in [7, 11) is -3.59. The molecule has 0 aliphatic carbocycles. The van der Waals surface area contributed by atoms with E-state index in [4.69, 9.17) is 11.6 Å². The number of fused-ring (bicyclic) bond motifs is 1. The van der Waals surface area contributed by atoms with E-state index in [1.165, 1.54) is 35.6 Å². The molecule has 1 heterocycles. The van der Waals surface area contributed by atoms with Gasteiger partial charge in [-0.3, -0.25) is 10.1 Å². The van der Waals surface area contributed by atoms with Crippen molar-refractivity contribution in [3.8, 4) is 0 Å². The van der Waals surface area contributed by atoms with Gasteiger partial charge in [0.1, 0.15) is 0 Å². The number of hydrogen-bond acceptors (Lipinski definition) is 5. The number of carbonyl (C=O) groups is 1. The van der Waals surface area contributed by atoms with Crippen LogP contribution in [0, 0.1) is 6.92 Å². The Morgan fingerprint density at radius 2 is 1.69 bits per heavy atom. The van der Waals surface area contributed by atoms with Crippen LogP contribution in [-0.4, -0.2) is 36.7 Å². The standard InChI is InChI=1S/C23H28ClN3O3S2/c1-4-6-14-27(15-7-5-2)32(29,30)18-10-8-17(9-11-18)22(28)26-23-25-21-16(3)19(24)12-13-20(21)31-23/h8-13H,4-7,14-15H2,1-3H3,(H,25,26,28). The molecule has 0 bridgehead atoms. The van der Waals surface area contributed by atoms with Crippen LogP contribution < -0.4 is 5.32 Å². The number of nitrogens with zero attached hydrogens (tertiary/aromatic N) is 2. The Bertz CT molecular complexity index is 1180. The number of aryl methyl sites for hydroxylation is 1. The molecule has 0 spiro atoms. The molecule has 9 heteroatoms. The van der Waals surface area contributed by atoms with Gasteiger partial charge in [0.2, 0.25) is 10.0 Å². The molecule has 2 aromatic carbocycles. The second-order valence-electron chi connectivity index (χ2n) is 7.63. The van der Waals surface area contributed by atoms with E-state index in [0.717, 1.165) is 41.5 Å². The largest absolute Gasteiger partial charge is 0.298 e. The molecule has 3 aromatic rings. The highest BCUT2D eigenvalue weighted by Gasteiger charge is 2.24. The zero-order valence-electron chi connectivity index (χ0n) is 18.5. The van der Waals surface area contributed by atoms with Gasteiger partial charge in [0.25, 0.3) is 5.91 Å². The highest BCUT2D eigenvalue weighted by Crippen LogP contribution is 2.32. The number of hydrogen-bond donors (Lipinski definition) is 1. The lowest BCUT2D eigenvalue weighted by Gasteiger charge is -2.22. The van der Waals surface area contributed by atoms with E-state index in [1.807, 2.05) is 32.9 Å². The normalized spacial score (nSPS) is 11.9. The Kier molecular flexibility index (Phi) is 8.27. The number of carbonyl (C=O) groups excluding carboxylic acids is 1. The summed E-state index contributed by atoms with van der Waals surface area (Å²) in [6.45, 7) is 6.97. The zero-order valence-corrected chi connectivity index (χ0v) is 20.9. The van der Waals surface area contributed by atoms with Gasteiger partial charge in [0.15, 0.2) is 5.13 Å². The summed E-state index contributed by atoms with van der Waals surface area (Å²) >= 11 is 7.52. The Labute approximate surface area is 198 Å². The minimum atomic E-state index is -3.59. The molecular weight excluding hydrogens is 466 g/mol. The molecule has 0 unspecified atom stereocenters. The molecule has 0 radical (unpaired) electrons. The molecule has 1 amide bonds. The first kappa shape index (κ1) is 24.6. The first-order chi connectivity index (χ1) is 15.3.